The van der Waals surface area contributed by atoms with E-state index in [1.807, 2.05) is 46.7 Å². The van der Waals surface area contributed by atoms with Crippen LogP contribution in [0.15, 0.2) is 53.9 Å². The molecule has 1 heterocycles. The zero-order valence-corrected chi connectivity index (χ0v) is 17.5. The van der Waals surface area contributed by atoms with Gasteiger partial charge in [0.15, 0.2) is 11.5 Å². The van der Waals surface area contributed by atoms with Gasteiger partial charge in [0.2, 0.25) is 5.75 Å². The second-order valence-corrected chi connectivity index (χ2v) is 7.28. The monoisotopic (exact) mass is 425 g/mol. The summed E-state index contributed by atoms with van der Waals surface area (Å²) in [6.45, 7) is 0.428. The van der Waals surface area contributed by atoms with Crippen molar-refractivity contribution in [1.82, 2.24) is 5.32 Å². The molecule has 0 saturated heterocycles. The molecule has 0 aliphatic heterocycles. The van der Waals surface area contributed by atoms with Crippen molar-refractivity contribution in [3.8, 4) is 17.2 Å². The molecule has 1 aromatic heterocycles. The summed E-state index contributed by atoms with van der Waals surface area (Å²) in [5.41, 5.74) is 2.27. The third-order valence-electron chi connectivity index (χ3n) is 4.50. The van der Waals surface area contributed by atoms with Crippen LogP contribution in [0.1, 0.15) is 15.9 Å². The Bertz CT molecular complexity index is 996. The van der Waals surface area contributed by atoms with Crippen LogP contribution in [0, 0.1) is 5.41 Å². The minimum absolute atomic E-state index is 0.144. The van der Waals surface area contributed by atoms with Crippen molar-refractivity contribution >= 4 is 34.3 Å². The van der Waals surface area contributed by atoms with Gasteiger partial charge >= 0.3 is 0 Å². The third-order valence-corrected chi connectivity index (χ3v) is 5.37. The summed E-state index contributed by atoms with van der Waals surface area (Å²) in [4.78, 5) is 14.3. The van der Waals surface area contributed by atoms with E-state index < -0.39 is 0 Å². The number of carbonyl (C=O) groups is 1. The molecule has 7 nitrogen and oxygen atoms in total. The van der Waals surface area contributed by atoms with Crippen LogP contribution in [0.5, 0.6) is 17.2 Å². The number of aromatic hydroxyl groups is 1. The molecule has 3 rings (SSSR count). The molecule has 1 amide bonds. The van der Waals surface area contributed by atoms with Crippen LogP contribution in [-0.2, 0) is 6.42 Å². The first kappa shape index (κ1) is 21.2. The lowest BCUT2D eigenvalue weighted by Gasteiger charge is -2.18. The number of carbonyl (C=O) groups excluding carboxylic acids is 1. The number of rotatable bonds is 9. The molecule has 0 atom stereocenters. The fourth-order valence-corrected chi connectivity index (χ4v) is 3.71. The van der Waals surface area contributed by atoms with Gasteiger partial charge in [-0.3, -0.25) is 15.1 Å². The minimum atomic E-state index is -0.289. The minimum Gasteiger partial charge on any atom is -0.502 e. The van der Waals surface area contributed by atoms with E-state index in [-0.39, 0.29) is 23.2 Å². The predicted molar refractivity (Wildman–Crippen MR) is 119 cm³/mol. The van der Waals surface area contributed by atoms with Crippen molar-refractivity contribution in [1.29, 1.82) is 5.41 Å². The number of hydrogen-bond donors (Lipinski definition) is 3. The number of ether oxygens (including phenoxy) is 2. The van der Waals surface area contributed by atoms with Crippen LogP contribution >= 0.6 is 11.3 Å². The quantitative estimate of drug-likeness (QED) is 0.353. The van der Waals surface area contributed by atoms with Gasteiger partial charge in [0.25, 0.3) is 5.91 Å². The molecule has 0 bridgehead atoms. The smallest absolute Gasteiger partial charge is 0.251 e. The summed E-state index contributed by atoms with van der Waals surface area (Å²) in [6, 6.07) is 14.7. The van der Waals surface area contributed by atoms with Crippen molar-refractivity contribution < 1.29 is 19.4 Å². The van der Waals surface area contributed by atoms with Crippen LogP contribution in [0.2, 0.25) is 0 Å². The van der Waals surface area contributed by atoms with E-state index in [9.17, 15) is 9.90 Å². The zero-order chi connectivity index (χ0) is 21.5. The summed E-state index contributed by atoms with van der Waals surface area (Å²) in [5, 5.41) is 23.5. The van der Waals surface area contributed by atoms with Gasteiger partial charge in [-0.05, 0) is 53.8 Å². The van der Waals surface area contributed by atoms with E-state index >= 15 is 0 Å². The summed E-state index contributed by atoms with van der Waals surface area (Å²) < 4.78 is 10.2. The third kappa shape index (κ3) is 4.72. The van der Waals surface area contributed by atoms with Crippen LogP contribution in [0.25, 0.3) is 0 Å². The molecule has 30 heavy (non-hydrogen) atoms. The maximum Gasteiger partial charge on any atom is 0.251 e. The summed E-state index contributed by atoms with van der Waals surface area (Å²) in [5.74, 6) is -0.0858. The Morgan fingerprint density at radius 2 is 1.90 bits per heavy atom. The van der Waals surface area contributed by atoms with Crippen molar-refractivity contribution in [2.75, 3.05) is 25.7 Å². The maximum atomic E-state index is 12.5. The SMILES string of the molecule is COc1cc(C(=O)NCCc2cccc(N(C=N)c3cccs3)c2)cc(OC)c1O. The lowest BCUT2D eigenvalue weighted by Crippen LogP contribution is -2.25. The Hall–Kier alpha value is -3.52. The molecule has 0 unspecified atom stereocenters. The number of anilines is 2. The molecule has 8 heteroatoms. The Balaban J connectivity index is 1.66. The lowest BCUT2D eigenvalue weighted by atomic mass is 10.1. The topological polar surface area (TPSA) is 94.9 Å². The first-order valence-corrected chi connectivity index (χ1v) is 10.1. The molecule has 0 fully saturated rings. The summed E-state index contributed by atoms with van der Waals surface area (Å²) in [6.07, 6.45) is 1.92. The van der Waals surface area contributed by atoms with E-state index in [2.05, 4.69) is 5.32 Å². The van der Waals surface area contributed by atoms with Gasteiger partial charge in [0, 0.05) is 17.8 Å². The van der Waals surface area contributed by atoms with Gasteiger partial charge in [0.05, 0.1) is 20.6 Å². The normalized spacial score (nSPS) is 10.3. The first-order valence-electron chi connectivity index (χ1n) is 9.22. The van der Waals surface area contributed by atoms with Crippen LogP contribution in [0.4, 0.5) is 10.7 Å². The number of hydrogen-bond acceptors (Lipinski definition) is 6. The number of nitrogens with one attached hydrogen (secondary N) is 2. The first-order chi connectivity index (χ1) is 14.6. The molecule has 156 valence electrons. The number of benzene rings is 2. The second-order valence-electron chi connectivity index (χ2n) is 6.36. The highest BCUT2D eigenvalue weighted by Gasteiger charge is 2.15. The maximum absolute atomic E-state index is 12.5. The number of phenolic OH excluding ortho intramolecular Hbond substituents is 1. The molecule has 3 N–H and O–H groups in total. The Kier molecular flexibility index (Phi) is 6.92. The average Bonchev–Trinajstić information content (AvgIpc) is 3.29. The summed E-state index contributed by atoms with van der Waals surface area (Å²) in [7, 11) is 2.83. The van der Waals surface area contributed by atoms with Gasteiger partial charge in [-0.25, -0.2) is 0 Å². The Morgan fingerprint density at radius 3 is 2.50 bits per heavy atom. The van der Waals surface area contributed by atoms with Gasteiger partial charge in [0.1, 0.15) is 5.00 Å². The van der Waals surface area contributed by atoms with Crippen molar-refractivity contribution in [3.05, 3.63) is 65.0 Å². The van der Waals surface area contributed by atoms with Crippen LogP contribution in [0.3, 0.4) is 0 Å². The molecular formula is C22H23N3O4S. The highest BCUT2D eigenvalue weighted by molar-refractivity contribution is 7.14. The highest BCUT2D eigenvalue weighted by Crippen LogP contribution is 2.37. The fraction of sp³-hybridized carbons (Fsp3) is 0.182. The number of nitrogens with zero attached hydrogens (tertiary/aromatic N) is 1. The summed E-state index contributed by atoms with van der Waals surface area (Å²) >= 11 is 1.56. The zero-order valence-electron chi connectivity index (χ0n) is 16.7. The van der Waals surface area contributed by atoms with Crippen molar-refractivity contribution in [3.63, 3.8) is 0 Å². The van der Waals surface area contributed by atoms with Crippen molar-refractivity contribution in [2.24, 2.45) is 0 Å². The highest BCUT2D eigenvalue weighted by atomic mass is 32.1. The Labute approximate surface area is 179 Å². The molecule has 0 aliphatic rings. The second kappa shape index (κ2) is 9.80. The number of amides is 1. The van der Waals surface area contributed by atoms with Crippen LogP contribution < -0.4 is 19.7 Å². The molecule has 0 aliphatic carbocycles. The number of methoxy groups -OCH3 is 2. The van der Waals surface area contributed by atoms with Gasteiger partial charge in [-0.15, -0.1) is 11.3 Å². The van der Waals surface area contributed by atoms with Gasteiger partial charge in [-0.2, -0.15) is 0 Å². The molecule has 3 aromatic rings. The van der Waals surface area contributed by atoms with Gasteiger partial charge in [-0.1, -0.05) is 12.1 Å². The standard InChI is InChI=1S/C22H23N3O4S/c1-28-18-12-16(13-19(29-2)21(18)26)22(27)24-9-8-15-5-3-6-17(11-15)25(14-23)20-7-4-10-30-20/h3-7,10-14,23,26H,8-9H2,1-2H3,(H,24,27). The van der Waals surface area contributed by atoms with E-state index in [0.717, 1.165) is 16.3 Å². The Morgan fingerprint density at radius 1 is 1.17 bits per heavy atom. The van der Waals surface area contributed by atoms with E-state index in [4.69, 9.17) is 14.9 Å². The van der Waals surface area contributed by atoms with Crippen LogP contribution in [-0.4, -0.2) is 38.1 Å². The van der Waals surface area contributed by atoms with Crippen molar-refractivity contribution in [2.45, 2.75) is 6.42 Å². The largest absolute Gasteiger partial charge is 0.502 e. The molecule has 0 spiro atoms. The van der Waals surface area contributed by atoms with E-state index in [1.54, 1.807) is 11.3 Å². The molecule has 2 aromatic carbocycles. The van der Waals surface area contributed by atoms with E-state index in [1.165, 1.54) is 32.7 Å². The fourth-order valence-electron chi connectivity index (χ4n) is 2.98. The number of phenols is 1. The predicted octanol–water partition coefficient (Wildman–Crippen LogP) is 4.19. The molecule has 0 saturated carbocycles. The average molecular weight is 426 g/mol. The molecular weight excluding hydrogens is 402 g/mol. The van der Waals surface area contributed by atoms with Gasteiger partial charge < -0.3 is 19.9 Å². The lowest BCUT2D eigenvalue weighted by molar-refractivity contribution is 0.0953. The van der Waals surface area contributed by atoms with E-state index in [0.29, 0.717) is 18.5 Å². The number of thiophene rings is 1. The molecule has 0 radical (unpaired) electrons.